The number of carbonyl (C=O) groups is 3. The van der Waals surface area contributed by atoms with E-state index in [2.05, 4.69) is 0 Å². The summed E-state index contributed by atoms with van der Waals surface area (Å²) in [5.74, 6) is -0.314. The van der Waals surface area contributed by atoms with Gasteiger partial charge in [-0.1, -0.05) is 81.5 Å². The number of nitrogens with zero attached hydrogens (tertiary/aromatic N) is 1. The van der Waals surface area contributed by atoms with Gasteiger partial charge in [-0.05, 0) is 17.7 Å². The summed E-state index contributed by atoms with van der Waals surface area (Å²) in [7, 11) is 3.12. The maximum atomic E-state index is 14.7. The first-order valence-corrected chi connectivity index (χ1v) is 13.2. The van der Waals surface area contributed by atoms with Gasteiger partial charge in [-0.25, -0.2) is 0 Å². The van der Waals surface area contributed by atoms with E-state index < -0.39 is 28.8 Å². The van der Waals surface area contributed by atoms with Crippen molar-refractivity contribution in [2.24, 2.45) is 10.8 Å². The van der Waals surface area contributed by atoms with Crippen LogP contribution >= 0.6 is 0 Å². The van der Waals surface area contributed by atoms with Crippen LogP contribution in [-0.4, -0.2) is 43.7 Å². The standard InChI is InChI=1S/C33H31NO5/c1-32(2,3)31(37)28-27(23-16-15-20(38-4)18-25(23)39-5)33(29(35)21-11-7-8-12-22(21)30(33)36)26-17-14-19-10-6-9-13-24(19)34(26)28/h6-18,26-28H,1-5H3/t26?,27-,28+/m1/s1. The molecule has 6 rings (SSSR count). The molecule has 1 saturated heterocycles. The molecule has 0 aromatic heterocycles. The number of hydrogen-bond acceptors (Lipinski definition) is 6. The quantitative estimate of drug-likeness (QED) is 0.407. The van der Waals surface area contributed by atoms with Crippen LogP contribution < -0.4 is 14.4 Å². The number of hydrogen-bond donors (Lipinski definition) is 0. The fourth-order valence-electron chi connectivity index (χ4n) is 6.78. The number of ketones is 3. The number of ether oxygens (including phenoxy) is 2. The molecule has 1 fully saturated rings. The summed E-state index contributed by atoms with van der Waals surface area (Å²) in [4.78, 5) is 45.9. The van der Waals surface area contributed by atoms with Gasteiger partial charge in [-0.15, -0.1) is 0 Å². The summed E-state index contributed by atoms with van der Waals surface area (Å²) >= 11 is 0. The minimum atomic E-state index is -1.55. The average molecular weight is 522 g/mol. The van der Waals surface area contributed by atoms with Gasteiger partial charge < -0.3 is 14.4 Å². The lowest BCUT2D eigenvalue weighted by molar-refractivity contribution is -0.127. The van der Waals surface area contributed by atoms with E-state index in [9.17, 15) is 14.4 Å². The van der Waals surface area contributed by atoms with Gasteiger partial charge in [0.05, 0.1) is 26.3 Å². The van der Waals surface area contributed by atoms with Gasteiger partial charge in [-0.2, -0.15) is 0 Å². The van der Waals surface area contributed by atoms with Gasteiger partial charge in [0.25, 0.3) is 0 Å². The third-order valence-electron chi connectivity index (χ3n) is 8.50. The molecule has 0 radical (unpaired) electrons. The fourth-order valence-corrected chi connectivity index (χ4v) is 6.78. The fraction of sp³-hybridized carbons (Fsp3) is 0.303. The molecule has 2 heterocycles. The maximum Gasteiger partial charge on any atom is 0.180 e. The summed E-state index contributed by atoms with van der Waals surface area (Å²) in [5.41, 5.74) is 0.905. The predicted octanol–water partition coefficient (Wildman–Crippen LogP) is 5.75. The summed E-state index contributed by atoms with van der Waals surface area (Å²) in [6.07, 6.45) is 3.90. The van der Waals surface area contributed by atoms with Crippen molar-refractivity contribution in [1.29, 1.82) is 0 Å². The van der Waals surface area contributed by atoms with E-state index in [-0.39, 0.29) is 17.3 Å². The second kappa shape index (κ2) is 8.67. The first-order valence-electron chi connectivity index (χ1n) is 13.2. The molecule has 6 heteroatoms. The van der Waals surface area contributed by atoms with E-state index >= 15 is 0 Å². The Kier molecular flexibility index (Phi) is 5.58. The molecule has 2 aliphatic heterocycles. The van der Waals surface area contributed by atoms with E-state index in [1.807, 2.05) is 68.2 Å². The lowest BCUT2D eigenvalue weighted by Gasteiger charge is -2.38. The SMILES string of the molecule is COc1ccc([C@@H]2[C@@H](C(=O)C(C)(C)C)N3c4ccccc4C=CC3C23C(=O)c2ccccc2C3=O)c(OC)c1. The topological polar surface area (TPSA) is 72.9 Å². The molecule has 0 saturated carbocycles. The number of benzene rings is 3. The summed E-state index contributed by atoms with van der Waals surface area (Å²) in [5, 5.41) is 0. The van der Waals surface area contributed by atoms with Crippen LogP contribution in [0.5, 0.6) is 11.5 Å². The zero-order valence-corrected chi connectivity index (χ0v) is 22.7. The minimum Gasteiger partial charge on any atom is -0.497 e. The maximum absolute atomic E-state index is 14.7. The molecule has 39 heavy (non-hydrogen) atoms. The van der Waals surface area contributed by atoms with Crippen molar-refractivity contribution in [1.82, 2.24) is 0 Å². The Morgan fingerprint density at radius 2 is 1.51 bits per heavy atom. The monoisotopic (exact) mass is 521 g/mol. The number of Topliss-reactive ketones (excluding diaryl/α,β-unsaturated/α-hetero) is 3. The molecule has 0 amide bonds. The van der Waals surface area contributed by atoms with Crippen LogP contribution in [0.15, 0.2) is 72.8 Å². The minimum absolute atomic E-state index is 0.0473. The molecule has 3 aromatic carbocycles. The number of methoxy groups -OCH3 is 2. The van der Waals surface area contributed by atoms with Gasteiger partial charge >= 0.3 is 0 Å². The summed E-state index contributed by atoms with van der Waals surface area (Å²) in [6, 6.07) is 18.7. The van der Waals surface area contributed by atoms with Crippen LogP contribution in [0.2, 0.25) is 0 Å². The molecule has 6 nitrogen and oxygen atoms in total. The van der Waals surface area contributed by atoms with Crippen molar-refractivity contribution >= 4 is 29.1 Å². The van der Waals surface area contributed by atoms with Crippen LogP contribution in [0.4, 0.5) is 5.69 Å². The predicted molar refractivity (Wildman–Crippen MR) is 150 cm³/mol. The molecule has 3 atom stereocenters. The molecule has 1 spiro atoms. The highest BCUT2D eigenvalue weighted by molar-refractivity contribution is 6.32. The van der Waals surface area contributed by atoms with Gasteiger partial charge in [0.2, 0.25) is 0 Å². The molecular formula is C33H31NO5. The lowest BCUT2D eigenvalue weighted by Crippen LogP contribution is -2.49. The average Bonchev–Trinajstić information content (AvgIpc) is 3.37. The highest BCUT2D eigenvalue weighted by Gasteiger charge is 2.72. The van der Waals surface area contributed by atoms with Crippen LogP contribution in [0, 0.1) is 10.8 Å². The molecule has 198 valence electrons. The van der Waals surface area contributed by atoms with Crippen LogP contribution in [0.25, 0.3) is 6.08 Å². The molecule has 3 aromatic rings. The van der Waals surface area contributed by atoms with Gasteiger partial charge in [0, 0.05) is 39.8 Å². The second-order valence-corrected chi connectivity index (χ2v) is 11.5. The van der Waals surface area contributed by atoms with E-state index in [1.54, 1.807) is 50.6 Å². The zero-order chi connectivity index (χ0) is 27.7. The second-order valence-electron chi connectivity index (χ2n) is 11.5. The Morgan fingerprint density at radius 3 is 2.13 bits per heavy atom. The Hall–Kier alpha value is -4.19. The number of rotatable bonds is 4. The Labute approximate surface area is 228 Å². The number of para-hydroxylation sites is 1. The third kappa shape index (κ3) is 3.30. The highest BCUT2D eigenvalue weighted by atomic mass is 16.5. The normalized spacial score (nSPS) is 22.5. The molecular weight excluding hydrogens is 490 g/mol. The summed E-state index contributed by atoms with van der Waals surface area (Å²) in [6.45, 7) is 5.66. The number of carbonyl (C=O) groups excluding carboxylic acids is 3. The van der Waals surface area contributed by atoms with Crippen LogP contribution in [0.1, 0.15) is 58.5 Å². The van der Waals surface area contributed by atoms with Gasteiger partial charge in [0.15, 0.2) is 17.3 Å². The van der Waals surface area contributed by atoms with Crippen LogP contribution in [-0.2, 0) is 4.79 Å². The zero-order valence-electron chi connectivity index (χ0n) is 22.7. The first-order chi connectivity index (χ1) is 18.7. The van der Waals surface area contributed by atoms with Crippen LogP contribution in [0.3, 0.4) is 0 Å². The Morgan fingerprint density at radius 1 is 0.872 bits per heavy atom. The van der Waals surface area contributed by atoms with Crippen molar-refractivity contribution in [3.8, 4) is 11.5 Å². The first kappa shape index (κ1) is 25.1. The van der Waals surface area contributed by atoms with Crippen molar-refractivity contribution in [2.45, 2.75) is 38.8 Å². The summed E-state index contributed by atoms with van der Waals surface area (Å²) < 4.78 is 11.3. The van der Waals surface area contributed by atoms with Gasteiger partial charge in [-0.3, -0.25) is 14.4 Å². The third-order valence-corrected chi connectivity index (χ3v) is 8.50. The number of anilines is 1. The van der Waals surface area contributed by atoms with Crippen molar-refractivity contribution in [3.05, 3.63) is 95.1 Å². The van der Waals surface area contributed by atoms with E-state index in [1.165, 1.54) is 0 Å². The van der Waals surface area contributed by atoms with Crippen molar-refractivity contribution in [2.75, 3.05) is 19.1 Å². The lowest BCUT2D eigenvalue weighted by atomic mass is 9.63. The highest BCUT2D eigenvalue weighted by Crippen LogP contribution is 2.62. The molecule has 0 N–H and O–H groups in total. The number of fused-ring (bicyclic) bond motifs is 5. The molecule has 1 unspecified atom stereocenters. The van der Waals surface area contributed by atoms with E-state index in [0.717, 1.165) is 11.3 Å². The van der Waals surface area contributed by atoms with Gasteiger partial charge in [0.1, 0.15) is 16.9 Å². The van der Waals surface area contributed by atoms with Crippen molar-refractivity contribution in [3.63, 3.8) is 0 Å². The van der Waals surface area contributed by atoms with Crippen molar-refractivity contribution < 1.29 is 23.9 Å². The molecule has 0 bridgehead atoms. The molecule has 3 aliphatic rings. The molecule has 1 aliphatic carbocycles. The Bertz CT molecular complexity index is 1530. The van der Waals surface area contributed by atoms with E-state index in [0.29, 0.717) is 28.2 Å². The van der Waals surface area contributed by atoms with E-state index in [4.69, 9.17) is 9.47 Å². The smallest absolute Gasteiger partial charge is 0.180 e. The Balaban J connectivity index is 1.72. The largest absolute Gasteiger partial charge is 0.497 e.